The van der Waals surface area contributed by atoms with Crippen LogP contribution in [0.1, 0.15) is 0 Å². The minimum Gasteiger partial charge on any atom is -0.334 e. The lowest BCUT2D eigenvalue weighted by Crippen LogP contribution is -2.34. The first-order valence-electron chi connectivity index (χ1n) is 6.68. The second-order valence-corrected chi connectivity index (χ2v) is 5.20. The number of allylic oxidation sites excluding steroid dienone is 2. The van der Waals surface area contributed by atoms with E-state index in [2.05, 4.69) is 9.97 Å². The van der Waals surface area contributed by atoms with E-state index in [0.717, 1.165) is 4.57 Å². The molecule has 2 aromatic heterocycles. The summed E-state index contributed by atoms with van der Waals surface area (Å²) in [6.45, 7) is 0.831. The summed E-state index contributed by atoms with van der Waals surface area (Å²) in [4.78, 5) is 31.0. The summed E-state index contributed by atoms with van der Waals surface area (Å²) < 4.78 is 3.02. The van der Waals surface area contributed by atoms with E-state index in [-0.39, 0.29) is 12.1 Å². The van der Waals surface area contributed by atoms with Crippen molar-refractivity contribution in [1.82, 2.24) is 19.1 Å². The molecule has 0 saturated heterocycles. The zero-order valence-corrected chi connectivity index (χ0v) is 12.3. The number of aromatic amines is 1. The van der Waals surface area contributed by atoms with E-state index in [0.29, 0.717) is 22.5 Å². The molecule has 1 N–H and O–H groups in total. The van der Waals surface area contributed by atoms with Crippen LogP contribution >= 0.6 is 11.6 Å². The van der Waals surface area contributed by atoms with E-state index >= 15 is 0 Å². The Hall–Kier alpha value is -2.60. The van der Waals surface area contributed by atoms with Gasteiger partial charge in [-0.2, -0.15) is 0 Å². The lowest BCUT2D eigenvalue weighted by Gasteiger charge is -2.04. The molecular formula is C15H13ClN4O2. The highest BCUT2D eigenvalue weighted by Gasteiger charge is 2.06. The molecule has 0 aliphatic heterocycles. The number of benzene rings is 1. The number of hydrogen-bond donors (Lipinski definition) is 1. The minimum absolute atomic E-state index is 0.200. The molecule has 3 rings (SSSR count). The summed E-state index contributed by atoms with van der Waals surface area (Å²) in [5.74, 6) is 0. The van der Waals surface area contributed by atoms with Gasteiger partial charge in [0.1, 0.15) is 0 Å². The van der Waals surface area contributed by atoms with Crippen LogP contribution in [0.4, 0.5) is 0 Å². The van der Waals surface area contributed by atoms with Crippen LogP contribution in [0, 0.1) is 0 Å². The van der Waals surface area contributed by atoms with Crippen LogP contribution in [0.5, 0.6) is 0 Å². The molecule has 0 aliphatic rings. The molecule has 3 aromatic rings. The van der Waals surface area contributed by atoms with Crippen molar-refractivity contribution in [2.24, 2.45) is 0 Å². The van der Waals surface area contributed by atoms with Gasteiger partial charge in [-0.1, -0.05) is 23.8 Å². The average Bonchev–Trinajstić information content (AvgIpc) is 3.00. The first-order chi connectivity index (χ1) is 10.6. The summed E-state index contributed by atoms with van der Waals surface area (Å²) in [7, 11) is 0. The van der Waals surface area contributed by atoms with Gasteiger partial charge in [-0.25, -0.2) is 9.78 Å². The summed E-state index contributed by atoms with van der Waals surface area (Å²) in [6.07, 6.45) is 8.86. The molecule has 0 radical (unpaired) electrons. The van der Waals surface area contributed by atoms with Crippen molar-refractivity contribution in [1.29, 1.82) is 0 Å². The van der Waals surface area contributed by atoms with Crippen molar-refractivity contribution < 1.29 is 0 Å². The van der Waals surface area contributed by atoms with Crippen molar-refractivity contribution in [3.63, 3.8) is 0 Å². The predicted molar refractivity (Wildman–Crippen MR) is 85.2 cm³/mol. The highest BCUT2D eigenvalue weighted by atomic mass is 35.5. The Bertz CT molecular complexity index is 938. The number of hydrogen-bond acceptors (Lipinski definition) is 3. The molecule has 112 valence electrons. The molecule has 6 nitrogen and oxygen atoms in total. The number of imidazole rings is 1. The molecule has 22 heavy (non-hydrogen) atoms. The van der Waals surface area contributed by atoms with Crippen LogP contribution in [-0.2, 0) is 13.1 Å². The van der Waals surface area contributed by atoms with Crippen molar-refractivity contribution in [2.75, 3.05) is 0 Å². The zero-order chi connectivity index (χ0) is 15.5. The Morgan fingerprint density at radius 3 is 2.82 bits per heavy atom. The van der Waals surface area contributed by atoms with E-state index in [1.165, 1.54) is 0 Å². The fourth-order valence-corrected chi connectivity index (χ4v) is 2.33. The van der Waals surface area contributed by atoms with Gasteiger partial charge < -0.3 is 9.55 Å². The second-order valence-electron chi connectivity index (χ2n) is 4.77. The van der Waals surface area contributed by atoms with Gasteiger partial charge in [-0.05, 0) is 18.2 Å². The Kier molecular flexibility index (Phi) is 3.93. The molecule has 0 bridgehead atoms. The zero-order valence-electron chi connectivity index (χ0n) is 11.6. The highest BCUT2D eigenvalue weighted by Crippen LogP contribution is 2.13. The summed E-state index contributed by atoms with van der Waals surface area (Å²) in [5, 5.41) is 0.856. The molecule has 0 spiro atoms. The third kappa shape index (κ3) is 2.87. The SMILES string of the molecule is O=c1[nH]c2ccc(Cl)cc2c(=O)n1C/C=C/Cn1ccnc1. The second kappa shape index (κ2) is 6.03. The quantitative estimate of drug-likeness (QED) is 0.746. The number of halogens is 1. The Morgan fingerprint density at radius 2 is 2.05 bits per heavy atom. The molecule has 0 saturated carbocycles. The number of H-pyrrole nitrogens is 1. The maximum atomic E-state index is 12.4. The van der Waals surface area contributed by atoms with Crippen LogP contribution < -0.4 is 11.2 Å². The molecule has 2 heterocycles. The Labute approximate surface area is 130 Å². The van der Waals surface area contributed by atoms with Gasteiger partial charge in [0.15, 0.2) is 0 Å². The summed E-state index contributed by atoms with van der Waals surface area (Å²) in [5.41, 5.74) is -0.307. The summed E-state index contributed by atoms with van der Waals surface area (Å²) in [6, 6.07) is 4.81. The van der Waals surface area contributed by atoms with Gasteiger partial charge in [-0.15, -0.1) is 0 Å². The Morgan fingerprint density at radius 1 is 1.23 bits per heavy atom. The number of aromatic nitrogens is 4. The molecule has 0 amide bonds. The van der Waals surface area contributed by atoms with E-state index in [1.54, 1.807) is 36.8 Å². The minimum atomic E-state index is -0.438. The first kappa shape index (κ1) is 14.3. The average molecular weight is 317 g/mol. The number of nitrogens with one attached hydrogen (secondary N) is 1. The molecule has 1 aromatic carbocycles. The largest absolute Gasteiger partial charge is 0.334 e. The highest BCUT2D eigenvalue weighted by molar-refractivity contribution is 6.31. The maximum Gasteiger partial charge on any atom is 0.329 e. The summed E-state index contributed by atoms with van der Waals surface area (Å²) >= 11 is 5.90. The predicted octanol–water partition coefficient (Wildman–Crippen LogP) is 1.80. The van der Waals surface area contributed by atoms with E-state index in [4.69, 9.17) is 11.6 Å². The molecule has 0 fully saturated rings. The van der Waals surface area contributed by atoms with Crippen LogP contribution in [0.25, 0.3) is 10.9 Å². The van der Waals surface area contributed by atoms with Gasteiger partial charge in [0, 0.05) is 30.5 Å². The van der Waals surface area contributed by atoms with Crippen LogP contribution in [0.3, 0.4) is 0 Å². The van der Waals surface area contributed by atoms with Crippen molar-refractivity contribution in [2.45, 2.75) is 13.1 Å². The fourth-order valence-electron chi connectivity index (χ4n) is 2.16. The normalized spacial score (nSPS) is 11.5. The molecule has 7 heteroatoms. The van der Waals surface area contributed by atoms with Gasteiger partial charge in [0.05, 0.1) is 17.2 Å². The van der Waals surface area contributed by atoms with Crippen molar-refractivity contribution in [3.05, 3.63) is 74.9 Å². The fraction of sp³-hybridized carbons (Fsp3) is 0.133. The maximum absolute atomic E-state index is 12.4. The number of fused-ring (bicyclic) bond motifs is 1. The van der Waals surface area contributed by atoms with Gasteiger partial charge >= 0.3 is 5.69 Å². The number of rotatable bonds is 4. The van der Waals surface area contributed by atoms with Crippen molar-refractivity contribution in [3.8, 4) is 0 Å². The van der Waals surface area contributed by atoms with Gasteiger partial charge in [0.2, 0.25) is 0 Å². The van der Waals surface area contributed by atoms with E-state index < -0.39 is 5.69 Å². The third-order valence-electron chi connectivity index (χ3n) is 3.27. The van der Waals surface area contributed by atoms with Gasteiger partial charge in [-0.3, -0.25) is 9.36 Å². The lowest BCUT2D eigenvalue weighted by atomic mass is 10.2. The monoisotopic (exact) mass is 316 g/mol. The van der Waals surface area contributed by atoms with E-state index in [9.17, 15) is 9.59 Å². The first-order valence-corrected chi connectivity index (χ1v) is 7.06. The number of nitrogens with zero attached hydrogens (tertiary/aromatic N) is 3. The molecule has 0 atom stereocenters. The molecular weight excluding hydrogens is 304 g/mol. The van der Waals surface area contributed by atoms with Crippen molar-refractivity contribution >= 4 is 22.5 Å². The lowest BCUT2D eigenvalue weighted by molar-refractivity contribution is 0.721. The smallest absolute Gasteiger partial charge is 0.329 e. The van der Waals surface area contributed by atoms with Crippen LogP contribution in [-0.4, -0.2) is 19.1 Å². The van der Waals surface area contributed by atoms with Gasteiger partial charge in [0.25, 0.3) is 5.56 Å². The Balaban J connectivity index is 1.88. The van der Waals surface area contributed by atoms with Crippen LogP contribution in [0.15, 0.2) is 58.7 Å². The third-order valence-corrected chi connectivity index (χ3v) is 3.51. The van der Waals surface area contributed by atoms with E-state index in [1.807, 2.05) is 16.8 Å². The van der Waals surface area contributed by atoms with Crippen LogP contribution in [0.2, 0.25) is 5.02 Å². The topological polar surface area (TPSA) is 72.7 Å². The molecule has 0 aliphatic carbocycles. The molecule has 0 unspecified atom stereocenters. The standard InChI is InChI=1S/C15H13ClN4O2/c16-11-3-4-13-12(9-11)14(21)20(15(22)18-13)7-2-1-6-19-8-5-17-10-19/h1-5,8-10H,6-7H2,(H,18,22)/b2-1+.